The molecule has 2 aromatic rings. The van der Waals surface area contributed by atoms with E-state index in [0.29, 0.717) is 17.5 Å². The van der Waals surface area contributed by atoms with Gasteiger partial charge in [-0.2, -0.15) is 5.10 Å². The van der Waals surface area contributed by atoms with Gasteiger partial charge in [-0.3, -0.25) is 14.3 Å². The lowest BCUT2D eigenvalue weighted by Gasteiger charge is -2.47. The number of nitrogens with zero attached hydrogens (tertiary/aromatic N) is 6. The summed E-state index contributed by atoms with van der Waals surface area (Å²) in [5, 5.41) is 4.82. The summed E-state index contributed by atoms with van der Waals surface area (Å²) in [7, 11) is 2.17. The molecule has 0 unspecified atom stereocenters. The normalized spacial score (nSPS) is 25.9. The maximum atomic E-state index is 13.5. The summed E-state index contributed by atoms with van der Waals surface area (Å²) < 4.78 is 1.88. The quantitative estimate of drug-likeness (QED) is 0.642. The highest BCUT2D eigenvalue weighted by Gasteiger charge is 2.53. The highest BCUT2D eigenvalue weighted by molar-refractivity contribution is 5.95. The lowest BCUT2D eigenvalue weighted by atomic mass is 9.79. The lowest BCUT2D eigenvalue weighted by molar-refractivity contribution is -0.132. The molecule has 1 spiro atoms. The van der Waals surface area contributed by atoms with Crippen molar-refractivity contribution in [3.05, 3.63) is 46.3 Å². The number of hydrogen-bond donors (Lipinski definition) is 0. The van der Waals surface area contributed by atoms with Crippen molar-refractivity contribution in [1.29, 1.82) is 0 Å². The molecule has 4 fully saturated rings. The fourth-order valence-corrected chi connectivity index (χ4v) is 7.46. The molecular weight excluding hydrogens is 464 g/mol. The molecule has 1 aromatic carbocycles. The number of anilines is 1. The van der Waals surface area contributed by atoms with Crippen LogP contribution in [0.25, 0.3) is 0 Å². The molecule has 196 valence electrons. The topological polar surface area (TPSA) is 64.9 Å². The number of fused-ring (bicyclic) bond motifs is 3. The molecule has 2 aliphatic carbocycles. The van der Waals surface area contributed by atoms with Gasteiger partial charge in [-0.15, -0.1) is 0 Å². The summed E-state index contributed by atoms with van der Waals surface area (Å²) in [5.41, 5.74) is 7.11. The van der Waals surface area contributed by atoms with Crippen LogP contribution in [0.4, 0.5) is 5.69 Å². The summed E-state index contributed by atoms with van der Waals surface area (Å²) in [6, 6.07) is 6.45. The maximum Gasteiger partial charge on any atom is 0.274 e. The number of hydrogen-bond acceptors (Lipinski definition) is 5. The van der Waals surface area contributed by atoms with Crippen molar-refractivity contribution in [2.45, 2.75) is 45.6 Å². The summed E-state index contributed by atoms with van der Waals surface area (Å²) in [4.78, 5) is 35.6. The number of carbonyl (C=O) groups excluding carboxylic acids is 2. The van der Waals surface area contributed by atoms with Crippen LogP contribution in [0.1, 0.15) is 51.6 Å². The molecule has 4 heterocycles. The molecule has 3 saturated heterocycles. The van der Waals surface area contributed by atoms with Gasteiger partial charge in [-0.1, -0.05) is 12.1 Å². The van der Waals surface area contributed by atoms with Gasteiger partial charge in [0.25, 0.3) is 5.91 Å². The van der Waals surface area contributed by atoms with Crippen molar-refractivity contribution in [2.75, 3.05) is 64.3 Å². The minimum absolute atomic E-state index is 0.0808. The summed E-state index contributed by atoms with van der Waals surface area (Å²) in [6.07, 6.45) is 3.31. The second kappa shape index (κ2) is 8.32. The van der Waals surface area contributed by atoms with Crippen LogP contribution < -0.4 is 4.90 Å². The predicted molar refractivity (Wildman–Crippen MR) is 142 cm³/mol. The molecule has 5 aliphatic rings. The number of aryl methyl sites for hydroxylation is 1. The van der Waals surface area contributed by atoms with E-state index in [9.17, 15) is 9.59 Å². The summed E-state index contributed by atoms with van der Waals surface area (Å²) in [5.74, 6) is 1.32. The van der Waals surface area contributed by atoms with Gasteiger partial charge >= 0.3 is 0 Å². The minimum atomic E-state index is 0.0808. The Labute approximate surface area is 219 Å². The zero-order valence-corrected chi connectivity index (χ0v) is 22.4. The molecule has 1 aromatic heterocycles. The Morgan fingerprint density at radius 3 is 2.54 bits per heavy atom. The van der Waals surface area contributed by atoms with Crippen LogP contribution in [0.2, 0.25) is 0 Å². The number of likely N-dealkylation sites (tertiary alicyclic amines) is 2. The monoisotopic (exact) mass is 502 g/mol. The van der Waals surface area contributed by atoms with E-state index < -0.39 is 0 Å². The van der Waals surface area contributed by atoms with Crippen LogP contribution in [0.3, 0.4) is 0 Å². The van der Waals surface area contributed by atoms with E-state index in [1.54, 1.807) is 0 Å². The molecule has 1 saturated carbocycles. The Morgan fingerprint density at radius 1 is 1.03 bits per heavy atom. The van der Waals surface area contributed by atoms with Crippen molar-refractivity contribution in [2.24, 2.45) is 11.3 Å². The predicted octanol–water partition coefficient (Wildman–Crippen LogP) is 2.29. The number of carbonyl (C=O) groups is 2. The van der Waals surface area contributed by atoms with Crippen molar-refractivity contribution in [3.8, 4) is 0 Å². The third-order valence-corrected chi connectivity index (χ3v) is 9.85. The molecule has 0 bridgehead atoms. The van der Waals surface area contributed by atoms with Crippen LogP contribution in [0.15, 0.2) is 18.2 Å². The van der Waals surface area contributed by atoms with E-state index in [0.717, 1.165) is 70.0 Å². The van der Waals surface area contributed by atoms with Gasteiger partial charge in [0, 0.05) is 68.2 Å². The van der Waals surface area contributed by atoms with Crippen molar-refractivity contribution < 1.29 is 9.59 Å². The first-order valence-electron chi connectivity index (χ1n) is 14.0. The number of amides is 2. The Bertz CT molecular complexity index is 1270. The first-order chi connectivity index (χ1) is 17.8. The SMILES string of the molecule is Cc1cccc(N2CCN(C(=O)Cn3nc(C(=O)N4CC5(CCN(C)C5)C4)c4c3C[C@H]3C[C@@H]43)CC2)c1C. The molecule has 2 amide bonds. The van der Waals surface area contributed by atoms with Gasteiger partial charge in [-0.25, -0.2) is 0 Å². The zero-order chi connectivity index (χ0) is 25.5. The van der Waals surface area contributed by atoms with E-state index in [1.807, 2.05) is 14.5 Å². The number of piperazine rings is 1. The van der Waals surface area contributed by atoms with Crippen LogP contribution in [-0.4, -0.2) is 95.7 Å². The van der Waals surface area contributed by atoms with Crippen LogP contribution in [0, 0.1) is 25.2 Å². The Kier molecular flexibility index (Phi) is 5.23. The molecular formula is C29H38N6O2. The standard InChI is InChI=1S/C29H38N6O2/c1-19-5-4-6-23(20(19)2)32-9-11-33(12-10-32)25(36)15-35-24-14-21-13-22(21)26(24)27(30-35)28(37)34-17-29(18-34)7-8-31(3)16-29/h4-6,21-22H,7-18H2,1-3H3/t21-,22-/m1/s1. The van der Waals surface area contributed by atoms with E-state index in [-0.39, 0.29) is 23.8 Å². The molecule has 37 heavy (non-hydrogen) atoms. The second-order valence-electron chi connectivity index (χ2n) is 12.4. The van der Waals surface area contributed by atoms with Gasteiger partial charge in [0.1, 0.15) is 6.54 Å². The third kappa shape index (κ3) is 3.78. The van der Waals surface area contributed by atoms with Crippen LogP contribution in [0.5, 0.6) is 0 Å². The van der Waals surface area contributed by atoms with Gasteiger partial charge in [0.15, 0.2) is 5.69 Å². The highest BCUT2D eigenvalue weighted by atomic mass is 16.2. The fourth-order valence-electron chi connectivity index (χ4n) is 7.46. The Balaban J connectivity index is 1.03. The average molecular weight is 503 g/mol. The molecule has 2 atom stereocenters. The van der Waals surface area contributed by atoms with Crippen molar-refractivity contribution >= 4 is 17.5 Å². The first kappa shape index (κ1) is 23.3. The minimum Gasteiger partial charge on any atom is -0.368 e. The summed E-state index contributed by atoms with van der Waals surface area (Å²) >= 11 is 0. The number of benzene rings is 1. The van der Waals surface area contributed by atoms with Gasteiger partial charge in [-0.05, 0) is 75.7 Å². The van der Waals surface area contributed by atoms with Crippen LogP contribution >= 0.6 is 0 Å². The molecule has 3 aliphatic heterocycles. The van der Waals surface area contributed by atoms with E-state index in [4.69, 9.17) is 5.10 Å². The average Bonchev–Trinajstić information content (AvgIpc) is 3.18. The maximum absolute atomic E-state index is 13.5. The van der Waals surface area contributed by atoms with Gasteiger partial charge in [0.05, 0.1) is 0 Å². The smallest absolute Gasteiger partial charge is 0.274 e. The first-order valence-corrected chi connectivity index (χ1v) is 14.0. The van der Waals surface area contributed by atoms with Gasteiger partial charge < -0.3 is 19.6 Å². The van der Waals surface area contributed by atoms with Crippen molar-refractivity contribution in [3.63, 3.8) is 0 Å². The van der Waals surface area contributed by atoms with Crippen LogP contribution in [-0.2, 0) is 17.8 Å². The lowest BCUT2D eigenvalue weighted by Crippen LogP contribution is -2.59. The molecule has 0 N–H and O–H groups in total. The van der Waals surface area contributed by atoms with Crippen molar-refractivity contribution in [1.82, 2.24) is 24.5 Å². The second-order valence-corrected chi connectivity index (χ2v) is 12.4. The van der Waals surface area contributed by atoms with E-state index >= 15 is 0 Å². The molecule has 8 heteroatoms. The Morgan fingerprint density at radius 2 is 1.81 bits per heavy atom. The number of aromatic nitrogens is 2. The fraction of sp³-hybridized carbons (Fsp3) is 0.621. The van der Waals surface area contributed by atoms with E-state index in [1.165, 1.54) is 29.7 Å². The highest BCUT2D eigenvalue weighted by Crippen LogP contribution is 2.57. The van der Waals surface area contributed by atoms with E-state index in [2.05, 4.69) is 48.9 Å². The Hall–Kier alpha value is -2.87. The molecule has 0 radical (unpaired) electrons. The largest absolute Gasteiger partial charge is 0.368 e. The molecule has 8 nitrogen and oxygen atoms in total. The zero-order valence-electron chi connectivity index (χ0n) is 22.4. The number of rotatable bonds is 4. The van der Waals surface area contributed by atoms with Gasteiger partial charge in [0.2, 0.25) is 5.91 Å². The summed E-state index contributed by atoms with van der Waals surface area (Å²) in [6.45, 7) is 11.6. The molecule has 7 rings (SSSR count). The third-order valence-electron chi connectivity index (χ3n) is 9.85.